The van der Waals surface area contributed by atoms with Crippen molar-refractivity contribution in [3.05, 3.63) is 34.9 Å². The number of ether oxygens (including phenoxy) is 2. The zero-order valence-electron chi connectivity index (χ0n) is 17.2. The van der Waals surface area contributed by atoms with Crippen molar-refractivity contribution in [3.8, 4) is 0 Å². The number of hydrogen-bond donors (Lipinski definition) is 1. The van der Waals surface area contributed by atoms with Gasteiger partial charge in [-0.1, -0.05) is 23.7 Å². The van der Waals surface area contributed by atoms with Crippen LogP contribution in [0.5, 0.6) is 0 Å². The zero-order chi connectivity index (χ0) is 20.7. The molecule has 0 spiro atoms. The number of hydrogen-bond acceptors (Lipinski definition) is 4. The Kier molecular flexibility index (Phi) is 8.13. The second-order valence-electron chi connectivity index (χ2n) is 8.10. The van der Waals surface area contributed by atoms with Crippen LogP contribution in [0, 0.1) is 5.92 Å². The van der Waals surface area contributed by atoms with Gasteiger partial charge in [-0.15, -0.1) is 0 Å². The Balaban J connectivity index is 2.12. The van der Waals surface area contributed by atoms with Crippen LogP contribution in [-0.2, 0) is 14.3 Å². The van der Waals surface area contributed by atoms with Crippen molar-refractivity contribution in [1.29, 1.82) is 0 Å². The average molecular weight is 411 g/mol. The largest absolute Gasteiger partial charge is 0.444 e. The fourth-order valence-electron chi connectivity index (χ4n) is 3.34. The number of halogens is 1. The molecule has 0 aromatic heterocycles. The summed E-state index contributed by atoms with van der Waals surface area (Å²) < 4.78 is 11.7. The molecule has 1 aromatic carbocycles. The van der Waals surface area contributed by atoms with Crippen molar-refractivity contribution in [1.82, 2.24) is 10.2 Å². The van der Waals surface area contributed by atoms with Gasteiger partial charge in [0, 0.05) is 37.5 Å². The van der Waals surface area contributed by atoms with Gasteiger partial charge >= 0.3 is 6.09 Å². The highest BCUT2D eigenvalue weighted by molar-refractivity contribution is 6.30. The van der Waals surface area contributed by atoms with E-state index < -0.39 is 5.60 Å². The number of benzene rings is 1. The molecule has 1 aliphatic heterocycles. The Morgan fingerprint density at radius 3 is 2.75 bits per heavy atom. The van der Waals surface area contributed by atoms with Gasteiger partial charge in [-0.25, -0.2) is 4.79 Å². The average Bonchev–Trinajstić information content (AvgIpc) is 2.63. The van der Waals surface area contributed by atoms with Gasteiger partial charge < -0.3 is 19.7 Å². The van der Waals surface area contributed by atoms with Crippen molar-refractivity contribution in [2.75, 3.05) is 26.7 Å². The monoisotopic (exact) mass is 410 g/mol. The van der Waals surface area contributed by atoms with E-state index in [2.05, 4.69) is 5.32 Å². The molecule has 2 rings (SSSR count). The molecule has 28 heavy (non-hydrogen) atoms. The van der Waals surface area contributed by atoms with E-state index in [0.717, 1.165) is 18.4 Å². The van der Waals surface area contributed by atoms with Crippen LogP contribution >= 0.6 is 11.6 Å². The van der Waals surface area contributed by atoms with Crippen LogP contribution in [0.1, 0.15) is 51.7 Å². The van der Waals surface area contributed by atoms with Crippen molar-refractivity contribution in [2.45, 2.75) is 51.7 Å². The summed E-state index contributed by atoms with van der Waals surface area (Å²) in [4.78, 5) is 25.8. The maximum atomic E-state index is 12.5. The van der Waals surface area contributed by atoms with Gasteiger partial charge in [-0.3, -0.25) is 4.79 Å². The Bertz CT molecular complexity index is 675. The van der Waals surface area contributed by atoms with E-state index in [1.165, 1.54) is 0 Å². The first kappa shape index (κ1) is 22.5. The van der Waals surface area contributed by atoms with E-state index in [4.69, 9.17) is 21.1 Å². The van der Waals surface area contributed by atoms with Gasteiger partial charge in [0.2, 0.25) is 5.91 Å². The summed E-state index contributed by atoms with van der Waals surface area (Å²) >= 11 is 6.18. The Labute approximate surface area is 172 Å². The fraction of sp³-hybridized carbons (Fsp3) is 0.619. The molecule has 156 valence electrons. The molecule has 0 radical (unpaired) electrons. The minimum absolute atomic E-state index is 0.0659. The fourth-order valence-corrected chi connectivity index (χ4v) is 3.54. The van der Waals surface area contributed by atoms with Gasteiger partial charge in [0.05, 0.1) is 12.7 Å². The smallest absolute Gasteiger partial charge is 0.410 e. The summed E-state index contributed by atoms with van der Waals surface area (Å²) in [6.45, 7) is 7.12. The molecule has 0 aliphatic carbocycles. The van der Waals surface area contributed by atoms with Crippen LogP contribution in [0.2, 0.25) is 5.02 Å². The summed E-state index contributed by atoms with van der Waals surface area (Å²) in [5, 5.41) is 3.24. The third-order valence-corrected chi connectivity index (χ3v) is 4.86. The number of likely N-dealkylation sites (tertiary alicyclic amines) is 1. The lowest BCUT2D eigenvalue weighted by atomic mass is 9.88. The molecule has 1 aromatic rings. The predicted molar refractivity (Wildman–Crippen MR) is 109 cm³/mol. The van der Waals surface area contributed by atoms with E-state index in [9.17, 15) is 9.59 Å². The van der Waals surface area contributed by atoms with Crippen molar-refractivity contribution in [2.24, 2.45) is 5.92 Å². The number of carbonyl (C=O) groups excluding carboxylic acids is 2. The van der Waals surface area contributed by atoms with Gasteiger partial charge in [-0.05, 0) is 51.3 Å². The number of nitrogens with zero attached hydrogens (tertiary/aromatic N) is 1. The molecule has 0 bridgehead atoms. The van der Waals surface area contributed by atoms with Crippen molar-refractivity contribution < 1.29 is 19.1 Å². The molecule has 2 amide bonds. The summed E-state index contributed by atoms with van der Waals surface area (Å²) in [6.07, 6.45) is 1.55. The summed E-state index contributed by atoms with van der Waals surface area (Å²) in [6, 6.07) is 7.57. The number of rotatable bonds is 6. The molecule has 1 saturated heterocycles. The molecular weight excluding hydrogens is 380 g/mol. The molecule has 1 aliphatic rings. The Hall–Kier alpha value is -1.79. The lowest BCUT2D eigenvalue weighted by Crippen LogP contribution is -2.44. The topological polar surface area (TPSA) is 67.9 Å². The third kappa shape index (κ3) is 6.99. The van der Waals surface area contributed by atoms with Gasteiger partial charge in [0.15, 0.2) is 0 Å². The second-order valence-corrected chi connectivity index (χ2v) is 8.53. The maximum absolute atomic E-state index is 12.5. The highest BCUT2D eigenvalue weighted by Gasteiger charge is 2.33. The highest BCUT2D eigenvalue weighted by atomic mass is 35.5. The molecule has 1 heterocycles. The van der Waals surface area contributed by atoms with Gasteiger partial charge in [-0.2, -0.15) is 0 Å². The number of carbonyl (C=O) groups is 2. The number of nitrogens with one attached hydrogen (secondary N) is 1. The molecule has 1 fully saturated rings. The van der Waals surface area contributed by atoms with E-state index >= 15 is 0 Å². The normalized spacial score (nSPS) is 18.5. The number of piperidine rings is 1. The van der Waals surface area contributed by atoms with Crippen LogP contribution in [0.3, 0.4) is 0 Å². The minimum Gasteiger partial charge on any atom is -0.444 e. The van der Waals surface area contributed by atoms with Crippen molar-refractivity contribution in [3.63, 3.8) is 0 Å². The summed E-state index contributed by atoms with van der Waals surface area (Å²) in [5.74, 6) is 0.0355. The lowest BCUT2D eigenvalue weighted by Gasteiger charge is -2.37. The quantitative estimate of drug-likeness (QED) is 0.763. The molecule has 1 N–H and O–H groups in total. The number of amides is 2. The highest BCUT2D eigenvalue weighted by Crippen LogP contribution is 2.34. The first-order valence-electron chi connectivity index (χ1n) is 9.75. The van der Waals surface area contributed by atoms with Crippen molar-refractivity contribution >= 4 is 23.6 Å². The first-order valence-corrected chi connectivity index (χ1v) is 10.1. The zero-order valence-corrected chi connectivity index (χ0v) is 17.9. The Morgan fingerprint density at radius 2 is 2.11 bits per heavy atom. The SMILES string of the molecule is CNC(=O)CCO[C@@H](c1cccc(Cl)c1)[C@@H]1CCCN(C(=O)OC(C)(C)C)C1. The first-order chi connectivity index (χ1) is 13.2. The molecule has 7 heteroatoms. The second kappa shape index (κ2) is 10.1. The van der Waals surface area contributed by atoms with E-state index in [0.29, 0.717) is 24.7 Å². The van der Waals surface area contributed by atoms with E-state index in [1.807, 2.05) is 45.0 Å². The maximum Gasteiger partial charge on any atom is 0.410 e. The molecule has 6 nitrogen and oxygen atoms in total. The van der Waals surface area contributed by atoms with Crippen LogP contribution in [-0.4, -0.2) is 49.2 Å². The van der Waals surface area contributed by atoms with E-state index in [1.54, 1.807) is 11.9 Å². The third-order valence-electron chi connectivity index (χ3n) is 4.62. The van der Waals surface area contributed by atoms with Crippen LogP contribution in [0.4, 0.5) is 4.79 Å². The molecule has 0 saturated carbocycles. The van der Waals surface area contributed by atoms with Crippen LogP contribution in [0.15, 0.2) is 24.3 Å². The molecule has 0 unspecified atom stereocenters. The predicted octanol–water partition coefficient (Wildman–Crippen LogP) is 4.18. The van der Waals surface area contributed by atoms with Crippen LogP contribution in [0.25, 0.3) is 0 Å². The summed E-state index contributed by atoms with van der Waals surface area (Å²) in [5.41, 5.74) is 0.431. The van der Waals surface area contributed by atoms with Gasteiger partial charge in [0.1, 0.15) is 5.60 Å². The molecular formula is C21H31ClN2O4. The lowest BCUT2D eigenvalue weighted by molar-refractivity contribution is -0.122. The summed E-state index contributed by atoms with van der Waals surface area (Å²) in [7, 11) is 1.61. The standard InChI is InChI=1S/C21H31ClN2O4/c1-21(2,3)28-20(26)24-11-6-8-16(14-24)19(27-12-10-18(25)23-4)15-7-5-9-17(22)13-15/h5,7,9,13,16,19H,6,8,10-12,14H2,1-4H3,(H,23,25)/t16-,19+/m1/s1. The minimum atomic E-state index is -0.527. The van der Waals surface area contributed by atoms with Gasteiger partial charge in [0.25, 0.3) is 0 Å². The molecule has 2 atom stereocenters. The van der Waals surface area contributed by atoms with Crippen LogP contribution < -0.4 is 5.32 Å². The van der Waals surface area contributed by atoms with E-state index in [-0.39, 0.29) is 30.4 Å². The Morgan fingerprint density at radius 1 is 1.36 bits per heavy atom.